The number of amides is 1. The molecule has 0 saturated carbocycles. The molecule has 3 rings (SSSR count). The Morgan fingerprint density at radius 3 is 2.32 bits per heavy atom. The van der Waals surface area contributed by atoms with E-state index in [-0.39, 0.29) is 5.56 Å². The molecular formula is C23H19ClN2O5. The number of hydrazone groups is 1. The largest absolute Gasteiger partial charge is 0.493 e. The summed E-state index contributed by atoms with van der Waals surface area (Å²) in [4.78, 5) is 24.4. The molecule has 1 amide bonds. The Morgan fingerprint density at radius 1 is 0.935 bits per heavy atom. The Kier molecular flexibility index (Phi) is 7.24. The predicted octanol–water partition coefficient (Wildman–Crippen LogP) is 4.34. The lowest BCUT2D eigenvalue weighted by Gasteiger charge is -2.08. The lowest BCUT2D eigenvalue weighted by molar-refractivity contribution is 0.0734. The van der Waals surface area contributed by atoms with E-state index in [0.29, 0.717) is 33.4 Å². The number of nitrogens with one attached hydrogen (secondary N) is 1. The number of carbonyl (C=O) groups excluding carboxylic acids is 2. The van der Waals surface area contributed by atoms with Gasteiger partial charge >= 0.3 is 5.97 Å². The molecule has 0 spiro atoms. The second-order valence-corrected chi connectivity index (χ2v) is 6.61. The SMILES string of the molecule is COc1ccc(C(=O)N/N=C\c2ccc(OC(=O)c3ccccc3Cl)cc2)cc1OC. The van der Waals surface area contributed by atoms with E-state index in [1.807, 2.05) is 0 Å². The molecule has 3 aromatic carbocycles. The van der Waals surface area contributed by atoms with Gasteiger partial charge in [0.25, 0.3) is 5.91 Å². The van der Waals surface area contributed by atoms with Crippen LogP contribution in [0.2, 0.25) is 5.02 Å². The lowest BCUT2D eigenvalue weighted by atomic mass is 10.2. The molecule has 0 aromatic heterocycles. The van der Waals surface area contributed by atoms with Crippen LogP contribution in [0, 0.1) is 0 Å². The zero-order valence-electron chi connectivity index (χ0n) is 16.8. The molecule has 0 aliphatic carbocycles. The minimum atomic E-state index is -0.547. The molecule has 0 aliphatic heterocycles. The number of benzene rings is 3. The smallest absolute Gasteiger partial charge is 0.345 e. The van der Waals surface area contributed by atoms with E-state index in [2.05, 4.69) is 10.5 Å². The van der Waals surface area contributed by atoms with Gasteiger partial charge in [-0.3, -0.25) is 4.79 Å². The van der Waals surface area contributed by atoms with Gasteiger partial charge in [-0.25, -0.2) is 10.2 Å². The molecule has 0 unspecified atom stereocenters. The zero-order valence-corrected chi connectivity index (χ0v) is 17.6. The lowest BCUT2D eigenvalue weighted by Crippen LogP contribution is -2.17. The van der Waals surface area contributed by atoms with Crippen LogP contribution in [0.3, 0.4) is 0 Å². The fourth-order valence-electron chi connectivity index (χ4n) is 2.62. The molecule has 0 radical (unpaired) electrons. The second kappa shape index (κ2) is 10.3. The summed E-state index contributed by atoms with van der Waals surface area (Å²) >= 11 is 6.00. The number of esters is 1. The molecule has 158 valence electrons. The first-order valence-corrected chi connectivity index (χ1v) is 9.52. The summed E-state index contributed by atoms with van der Waals surface area (Å²) in [6, 6.07) is 18.1. The fourth-order valence-corrected chi connectivity index (χ4v) is 2.83. The highest BCUT2D eigenvalue weighted by atomic mass is 35.5. The number of carbonyl (C=O) groups is 2. The van der Waals surface area contributed by atoms with Gasteiger partial charge in [-0.1, -0.05) is 23.7 Å². The van der Waals surface area contributed by atoms with Crippen LogP contribution < -0.4 is 19.6 Å². The van der Waals surface area contributed by atoms with Gasteiger partial charge in [0.15, 0.2) is 11.5 Å². The van der Waals surface area contributed by atoms with Gasteiger partial charge in [-0.05, 0) is 60.2 Å². The molecule has 7 nitrogen and oxygen atoms in total. The van der Waals surface area contributed by atoms with E-state index in [0.717, 1.165) is 0 Å². The first kappa shape index (κ1) is 21.9. The minimum Gasteiger partial charge on any atom is -0.493 e. The standard InChI is InChI=1S/C23H19ClN2O5/c1-29-20-12-9-16(13-21(20)30-2)22(27)26-25-14-15-7-10-17(11-8-15)31-23(28)18-5-3-4-6-19(18)24/h3-14H,1-2H3,(H,26,27)/b25-14-. The molecule has 0 heterocycles. The van der Waals surface area contributed by atoms with Gasteiger partial charge in [-0.15, -0.1) is 0 Å². The number of methoxy groups -OCH3 is 2. The van der Waals surface area contributed by atoms with Gasteiger partial charge in [0, 0.05) is 5.56 Å². The van der Waals surface area contributed by atoms with E-state index in [1.54, 1.807) is 66.7 Å². The average molecular weight is 439 g/mol. The van der Waals surface area contributed by atoms with Crippen molar-refractivity contribution in [1.29, 1.82) is 0 Å². The summed E-state index contributed by atoms with van der Waals surface area (Å²) in [5.74, 6) is 0.382. The maximum absolute atomic E-state index is 12.3. The Balaban J connectivity index is 1.59. The molecule has 0 atom stereocenters. The van der Waals surface area contributed by atoms with Crippen molar-refractivity contribution in [3.63, 3.8) is 0 Å². The minimum absolute atomic E-state index is 0.285. The molecule has 3 aromatic rings. The number of nitrogens with zero attached hydrogens (tertiary/aromatic N) is 1. The van der Waals surface area contributed by atoms with Crippen molar-refractivity contribution in [1.82, 2.24) is 5.43 Å². The van der Waals surface area contributed by atoms with Crippen LogP contribution in [-0.4, -0.2) is 32.3 Å². The van der Waals surface area contributed by atoms with Crippen LogP contribution in [0.1, 0.15) is 26.3 Å². The van der Waals surface area contributed by atoms with E-state index in [4.69, 9.17) is 25.8 Å². The van der Waals surface area contributed by atoms with Crippen LogP contribution in [0.5, 0.6) is 17.2 Å². The third-order valence-corrected chi connectivity index (χ3v) is 4.54. The highest BCUT2D eigenvalue weighted by molar-refractivity contribution is 6.33. The Hall–Kier alpha value is -3.84. The number of halogens is 1. The average Bonchev–Trinajstić information content (AvgIpc) is 2.79. The van der Waals surface area contributed by atoms with Crippen LogP contribution >= 0.6 is 11.6 Å². The van der Waals surface area contributed by atoms with E-state index in [1.165, 1.54) is 20.4 Å². The molecule has 0 saturated heterocycles. The van der Waals surface area contributed by atoms with Crippen molar-refractivity contribution < 1.29 is 23.8 Å². The Labute approximate surface area is 184 Å². The van der Waals surface area contributed by atoms with Crippen molar-refractivity contribution in [2.24, 2.45) is 5.10 Å². The van der Waals surface area contributed by atoms with Gasteiger partial charge in [0.2, 0.25) is 0 Å². The van der Waals surface area contributed by atoms with Gasteiger partial charge in [-0.2, -0.15) is 5.10 Å². The highest BCUT2D eigenvalue weighted by Crippen LogP contribution is 2.27. The maximum atomic E-state index is 12.3. The molecule has 0 bridgehead atoms. The van der Waals surface area contributed by atoms with Crippen molar-refractivity contribution in [3.05, 3.63) is 88.4 Å². The first-order chi connectivity index (χ1) is 15.0. The highest BCUT2D eigenvalue weighted by Gasteiger charge is 2.12. The van der Waals surface area contributed by atoms with Gasteiger partial charge in [0.05, 0.1) is 31.0 Å². The van der Waals surface area contributed by atoms with Crippen LogP contribution in [0.4, 0.5) is 0 Å². The van der Waals surface area contributed by atoms with Crippen molar-refractivity contribution in [3.8, 4) is 17.2 Å². The molecule has 8 heteroatoms. The zero-order chi connectivity index (χ0) is 22.2. The summed E-state index contributed by atoms with van der Waals surface area (Å²) in [6.07, 6.45) is 1.47. The van der Waals surface area contributed by atoms with Crippen LogP contribution in [-0.2, 0) is 0 Å². The van der Waals surface area contributed by atoms with Crippen molar-refractivity contribution in [2.75, 3.05) is 14.2 Å². The predicted molar refractivity (Wildman–Crippen MR) is 117 cm³/mol. The quantitative estimate of drug-likeness (QED) is 0.256. The van der Waals surface area contributed by atoms with Gasteiger partial charge < -0.3 is 14.2 Å². The number of rotatable bonds is 7. The summed E-state index contributed by atoms with van der Waals surface area (Å²) < 4.78 is 15.7. The molecular weight excluding hydrogens is 420 g/mol. The summed E-state index contributed by atoms with van der Waals surface area (Å²) in [5, 5.41) is 4.26. The topological polar surface area (TPSA) is 86.2 Å². The van der Waals surface area contributed by atoms with Gasteiger partial charge in [0.1, 0.15) is 5.75 Å². The maximum Gasteiger partial charge on any atom is 0.345 e. The number of hydrogen-bond acceptors (Lipinski definition) is 6. The normalized spacial score (nSPS) is 10.5. The third kappa shape index (κ3) is 5.61. The third-order valence-electron chi connectivity index (χ3n) is 4.21. The van der Waals surface area contributed by atoms with Crippen LogP contribution in [0.15, 0.2) is 71.8 Å². The van der Waals surface area contributed by atoms with E-state index < -0.39 is 11.9 Å². The van der Waals surface area contributed by atoms with E-state index in [9.17, 15) is 9.59 Å². The fraction of sp³-hybridized carbons (Fsp3) is 0.0870. The number of ether oxygens (including phenoxy) is 3. The summed E-state index contributed by atoms with van der Waals surface area (Å²) in [5.41, 5.74) is 3.80. The first-order valence-electron chi connectivity index (χ1n) is 9.14. The second-order valence-electron chi connectivity index (χ2n) is 6.21. The van der Waals surface area contributed by atoms with Crippen LogP contribution in [0.25, 0.3) is 0 Å². The Bertz CT molecular complexity index is 1110. The molecule has 31 heavy (non-hydrogen) atoms. The van der Waals surface area contributed by atoms with E-state index >= 15 is 0 Å². The molecule has 0 aliphatic rings. The monoisotopic (exact) mass is 438 g/mol. The van der Waals surface area contributed by atoms with Crippen molar-refractivity contribution in [2.45, 2.75) is 0 Å². The number of hydrogen-bond donors (Lipinski definition) is 1. The Morgan fingerprint density at radius 2 is 1.65 bits per heavy atom. The summed E-state index contributed by atoms with van der Waals surface area (Å²) in [7, 11) is 3.01. The van der Waals surface area contributed by atoms with Crippen molar-refractivity contribution >= 4 is 29.7 Å². The molecule has 0 fully saturated rings. The summed E-state index contributed by atoms with van der Waals surface area (Å²) in [6.45, 7) is 0. The molecule has 1 N–H and O–H groups in total.